The summed E-state index contributed by atoms with van der Waals surface area (Å²) in [6.45, 7) is 2.29. The van der Waals surface area contributed by atoms with Crippen molar-refractivity contribution in [1.82, 2.24) is 14.7 Å². The van der Waals surface area contributed by atoms with Crippen LogP contribution in [0.5, 0.6) is 0 Å². The smallest absolute Gasteiger partial charge is 0.254 e. The number of anilines is 2. The molecule has 4 rings (SSSR count). The number of nitriles is 1. The lowest BCUT2D eigenvalue weighted by Gasteiger charge is -2.43. The molecule has 7 nitrogen and oxygen atoms in total. The Morgan fingerprint density at radius 3 is 2.67 bits per heavy atom. The van der Waals surface area contributed by atoms with Gasteiger partial charge in [0.2, 0.25) is 0 Å². The van der Waals surface area contributed by atoms with Gasteiger partial charge < -0.3 is 16.0 Å². The van der Waals surface area contributed by atoms with Gasteiger partial charge in [-0.05, 0) is 50.9 Å². The third-order valence-electron chi connectivity index (χ3n) is 5.73. The molecule has 1 saturated heterocycles. The van der Waals surface area contributed by atoms with E-state index in [4.69, 9.17) is 5.73 Å². The highest BCUT2D eigenvalue weighted by Gasteiger charge is 2.36. The van der Waals surface area contributed by atoms with Crippen LogP contribution in [0.25, 0.3) is 0 Å². The van der Waals surface area contributed by atoms with Gasteiger partial charge in [0.1, 0.15) is 5.56 Å². The highest BCUT2D eigenvalue weighted by molar-refractivity contribution is 5.98. The maximum atomic E-state index is 11.9. The predicted molar refractivity (Wildman–Crippen MR) is 102 cm³/mol. The number of hydrogen-bond acceptors (Lipinski definition) is 5. The van der Waals surface area contributed by atoms with Crippen molar-refractivity contribution in [3.8, 4) is 6.07 Å². The van der Waals surface area contributed by atoms with E-state index < -0.39 is 5.91 Å². The molecule has 0 radical (unpaired) electrons. The van der Waals surface area contributed by atoms with Gasteiger partial charge in [-0.15, -0.1) is 0 Å². The number of carbonyl (C=O) groups is 1. The van der Waals surface area contributed by atoms with Crippen LogP contribution < -0.4 is 11.1 Å². The normalized spacial score (nSPS) is 25.4. The maximum Gasteiger partial charge on any atom is 0.254 e. The van der Waals surface area contributed by atoms with Gasteiger partial charge in [0.15, 0.2) is 5.82 Å². The number of benzene rings is 1. The number of likely N-dealkylation sites (tertiary alicyclic amines) is 1. The Morgan fingerprint density at radius 1 is 1.26 bits per heavy atom. The molecule has 3 atom stereocenters. The monoisotopic (exact) mass is 364 g/mol. The molecule has 2 aliphatic rings. The molecule has 2 aromatic rings. The lowest BCUT2D eigenvalue weighted by molar-refractivity contribution is 0.0649. The van der Waals surface area contributed by atoms with E-state index in [0.29, 0.717) is 17.4 Å². The summed E-state index contributed by atoms with van der Waals surface area (Å²) in [6.07, 6.45) is 5.73. The zero-order valence-corrected chi connectivity index (χ0v) is 15.2. The van der Waals surface area contributed by atoms with Crippen molar-refractivity contribution in [1.29, 1.82) is 5.26 Å². The molecule has 3 unspecified atom stereocenters. The second kappa shape index (κ2) is 7.41. The van der Waals surface area contributed by atoms with Gasteiger partial charge in [0.05, 0.1) is 18.0 Å². The van der Waals surface area contributed by atoms with Crippen molar-refractivity contribution < 1.29 is 4.79 Å². The number of para-hydroxylation sites is 1. The van der Waals surface area contributed by atoms with Gasteiger partial charge in [0.25, 0.3) is 5.91 Å². The maximum absolute atomic E-state index is 11.9. The average Bonchev–Trinajstić information content (AvgIpc) is 3.05. The minimum Gasteiger partial charge on any atom is -0.365 e. The molecule has 1 aliphatic carbocycles. The largest absolute Gasteiger partial charge is 0.365 e. The van der Waals surface area contributed by atoms with Gasteiger partial charge in [0, 0.05) is 17.9 Å². The van der Waals surface area contributed by atoms with Crippen molar-refractivity contribution >= 4 is 17.4 Å². The zero-order chi connectivity index (χ0) is 18.8. The molecule has 27 heavy (non-hydrogen) atoms. The number of nitrogens with zero attached hydrogens (tertiary/aromatic N) is 4. The van der Waals surface area contributed by atoms with Crippen LogP contribution in [0.2, 0.25) is 0 Å². The SMILES string of the molecule is N#CC1CC(N2CCC2)CCC1n1cc(C(N)=O)c(Nc2ccccc2)n1. The number of amides is 1. The van der Waals surface area contributed by atoms with Crippen LogP contribution in [0.4, 0.5) is 11.5 Å². The van der Waals surface area contributed by atoms with Crippen molar-refractivity contribution in [3.63, 3.8) is 0 Å². The zero-order valence-electron chi connectivity index (χ0n) is 15.2. The molecular weight excluding hydrogens is 340 g/mol. The van der Waals surface area contributed by atoms with Crippen molar-refractivity contribution in [3.05, 3.63) is 42.1 Å². The standard InChI is InChI=1S/C20H24N6O/c21-12-14-11-16(25-9-4-10-25)7-8-18(14)26-13-17(19(22)27)20(24-26)23-15-5-2-1-3-6-15/h1-3,5-6,13-14,16,18H,4,7-11H2,(H2,22,27)(H,23,24). The van der Waals surface area contributed by atoms with E-state index in [0.717, 1.165) is 38.0 Å². The molecule has 1 aromatic heterocycles. The van der Waals surface area contributed by atoms with Crippen LogP contribution in [0.1, 0.15) is 42.1 Å². The van der Waals surface area contributed by atoms with E-state index in [1.54, 1.807) is 10.9 Å². The number of aromatic nitrogens is 2. The number of nitrogens with one attached hydrogen (secondary N) is 1. The molecule has 2 heterocycles. The first-order chi connectivity index (χ1) is 13.2. The molecule has 7 heteroatoms. The van der Waals surface area contributed by atoms with E-state index in [1.165, 1.54) is 6.42 Å². The molecule has 1 aromatic carbocycles. The van der Waals surface area contributed by atoms with Gasteiger partial charge >= 0.3 is 0 Å². The number of carbonyl (C=O) groups excluding carboxylic acids is 1. The van der Waals surface area contributed by atoms with Crippen molar-refractivity contribution in [2.45, 2.75) is 37.8 Å². The van der Waals surface area contributed by atoms with Gasteiger partial charge in [-0.2, -0.15) is 10.4 Å². The first-order valence-corrected chi connectivity index (χ1v) is 9.50. The van der Waals surface area contributed by atoms with Crippen LogP contribution in [0, 0.1) is 17.2 Å². The average molecular weight is 364 g/mol. The van der Waals surface area contributed by atoms with Gasteiger partial charge in [-0.1, -0.05) is 18.2 Å². The van der Waals surface area contributed by atoms with E-state index in [1.807, 2.05) is 30.3 Å². The first kappa shape index (κ1) is 17.6. The van der Waals surface area contributed by atoms with Crippen LogP contribution in [-0.4, -0.2) is 39.7 Å². The molecule has 1 amide bonds. The summed E-state index contributed by atoms with van der Waals surface area (Å²) in [5, 5.41) is 17.5. The molecule has 1 aliphatic heterocycles. The minimum absolute atomic E-state index is 0.0306. The molecule has 140 valence electrons. The summed E-state index contributed by atoms with van der Waals surface area (Å²) in [4.78, 5) is 14.4. The van der Waals surface area contributed by atoms with E-state index in [-0.39, 0.29) is 12.0 Å². The number of hydrogen-bond donors (Lipinski definition) is 2. The van der Waals surface area contributed by atoms with Crippen molar-refractivity contribution in [2.75, 3.05) is 18.4 Å². The van der Waals surface area contributed by atoms with Crippen LogP contribution in [0.3, 0.4) is 0 Å². The molecule has 1 saturated carbocycles. The quantitative estimate of drug-likeness (QED) is 0.849. The Bertz CT molecular complexity index is 851. The lowest BCUT2D eigenvalue weighted by Crippen LogP contribution is -2.48. The van der Waals surface area contributed by atoms with Crippen LogP contribution in [0.15, 0.2) is 36.5 Å². The summed E-state index contributed by atoms with van der Waals surface area (Å²) in [6, 6.07) is 12.5. The molecular formula is C20H24N6O. The predicted octanol–water partition coefficient (Wildman–Crippen LogP) is 2.66. The Hall–Kier alpha value is -2.85. The number of rotatable bonds is 5. The molecule has 0 bridgehead atoms. The van der Waals surface area contributed by atoms with E-state index in [2.05, 4.69) is 21.4 Å². The number of nitrogens with two attached hydrogens (primary N) is 1. The third-order valence-corrected chi connectivity index (χ3v) is 5.73. The number of primary amides is 1. The fourth-order valence-electron chi connectivity index (χ4n) is 4.12. The summed E-state index contributed by atoms with van der Waals surface area (Å²) < 4.78 is 1.77. The Labute approximate surface area is 158 Å². The Kier molecular flexibility index (Phi) is 4.82. The molecule has 2 fully saturated rings. The Balaban J connectivity index is 1.57. The third kappa shape index (κ3) is 3.53. The molecule has 3 N–H and O–H groups in total. The topological polar surface area (TPSA) is 100.0 Å². The van der Waals surface area contributed by atoms with E-state index in [9.17, 15) is 10.1 Å². The van der Waals surface area contributed by atoms with E-state index >= 15 is 0 Å². The fourth-order valence-corrected chi connectivity index (χ4v) is 4.12. The Morgan fingerprint density at radius 2 is 2.04 bits per heavy atom. The van der Waals surface area contributed by atoms with Gasteiger partial charge in [-0.25, -0.2) is 0 Å². The molecule has 0 spiro atoms. The summed E-state index contributed by atoms with van der Waals surface area (Å²) >= 11 is 0. The minimum atomic E-state index is -0.526. The van der Waals surface area contributed by atoms with Gasteiger partial charge in [-0.3, -0.25) is 9.48 Å². The lowest BCUT2D eigenvalue weighted by atomic mass is 9.81. The second-order valence-electron chi connectivity index (χ2n) is 7.39. The van der Waals surface area contributed by atoms with Crippen molar-refractivity contribution in [2.24, 2.45) is 11.7 Å². The second-order valence-corrected chi connectivity index (χ2v) is 7.39. The van der Waals surface area contributed by atoms with Crippen LogP contribution >= 0.6 is 0 Å². The highest BCUT2D eigenvalue weighted by Crippen LogP contribution is 2.37. The highest BCUT2D eigenvalue weighted by atomic mass is 16.1. The summed E-state index contributed by atoms with van der Waals surface area (Å²) in [7, 11) is 0. The summed E-state index contributed by atoms with van der Waals surface area (Å²) in [5.41, 5.74) is 6.75. The summed E-state index contributed by atoms with van der Waals surface area (Å²) in [5.74, 6) is -0.202. The van der Waals surface area contributed by atoms with Crippen LogP contribution in [-0.2, 0) is 0 Å². The fraction of sp³-hybridized carbons (Fsp3) is 0.450. The first-order valence-electron chi connectivity index (χ1n) is 9.50.